The van der Waals surface area contributed by atoms with E-state index in [0.29, 0.717) is 11.3 Å². The van der Waals surface area contributed by atoms with E-state index in [4.69, 9.17) is 4.42 Å². The van der Waals surface area contributed by atoms with Crippen LogP contribution in [0.4, 0.5) is 10.5 Å². The highest BCUT2D eigenvalue weighted by Gasteiger charge is 2.35. The molecular weight excluding hydrogens is 554 g/mol. The Balaban J connectivity index is 1.59. The second-order valence-electron chi connectivity index (χ2n) is 10.8. The Hall–Kier alpha value is -5.20. The number of aromatic nitrogens is 5. The lowest BCUT2D eigenvalue weighted by Gasteiger charge is -2.21. The lowest BCUT2D eigenvalue weighted by molar-refractivity contribution is -0.122. The van der Waals surface area contributed by atoms with E-state index in [9.17, 15) is 19.2 Å². The number of aryl methyl sites for hydroxylation is 1. The predicted octanol–water partition coefficient (Wildman–Crippen LogP) is 3.52. The average Bonchev–Trinajstić information content (AvgIpc) is 3.50. The van der Waals surface area contributed by atoms with Crippen molar-refractivity contribution in [3.8, 4) is 11.4 Å². The average molecular weight is 588 g/mol. The first-order chi connectivity index (χ1) is 20.4. The van der Waals surface area contributed by atoms with Crippen molar-refractivity contribution in [1.82, 2.24) is 30.0 Å². The van der Waals surface area contributed by atoms with Gasteiger partial charge in [-0.25, -0.2) is 9.78 Å². The van der Waals surface area contributed by atoms with Gasteiger partial charge in [0.1, 0.15) is 18.1 Å². The van der Waals surface area contributed by atoms with Crippen molar-refractivity contribution in [2.75, 3.05) is 12.4 Å². The summed E-state index contributed by atoms with van der Waals surface area (Å²) in [5.41, 5.74) is 0.609. The fourth-order valence-corrected chi connectivity index (χ4v) is 4.26. The molecule has 0 unspecified atom stereocenters. The lowest BCUT2D eigenvalue weighted by Crippen LogP contribution is -2.46. The Kier molecular flexibility index (Phi) is 9.12. The highest BCUT2D eigenvalue weighted by molar-refractivity contribution is 5.98. The maximum atomic E-state index is 13.5. The number of pyridine rings is 1. The number of ether oxygens (including phenoxy) is 1. The predicted molar refractivity (Wildman–Crippen MR) is 156 cm³/mol. The molecule has 1 aromatic carbocycles. The van der Waals surface area contributed by atoms with Crippen LogP contribution in [0, 0.1) is 12.8 Å². The van der Waals surface area contributed by atoms with Crippen LogP contribution in [0.5, 0.6) is 0 Å². The van der Waals surface area contributed by atoms with Crippen molar-refractivity contribution in [2.24, 2.45) is 5.92 Å². The largest absolute Gasteiger partial charge is 0.453 e. The molecule has 0 saturated carbocycles. The number of hydrogen-bond acceptors (Lipinski definition) is 10. The Morgan fingerprint density at radius 1 is 1.02 bits per heavy atom. The van der Waals surface area contributed by atoms with Gasteiger partial charge in [0.2, 0.25) is 17.6 Å². The van der Waals surface area contributed by atoms with Crippen LogP contribution < -0.4 is 16.2 Å². The summed E-state index contributed by atoms with van der Waals surface area (Å²) in [6, 6.07) is 11.5. The molecule has 0 saturated heterocycles. The number of carbonyl (C=O) groups excluding carboxylic acids is 3. The molecule has 2 N–H and O–H groups in total. The smallest absolute Gasteiger partial charge is 0.411 e. The van der Waals surface area contributed by atoms with Gasteiger partial charge in [0.25, 0.3) is 11.4 Å². The third-order valence-electron chi connectivity index (χ3n) is 6.79. The van der Waals surface area contributed by atoms with Crippen LogP contribution in [0.25, 0.3) is 11.4 Å². The van der Waals surface area contributed by atoms with Crippen molar-refractivity contribution in [3.63, 3.8) is 0 Å². The first kappa shape index (κ1) is 30.8. The molecule has 43 heavy (non-hydrogen) atoms. The minimum Gasteiger partial charge on any atom is -0.453 e. The molecule has 0 bridgehead atoms. The second kappa shape index (κ2) is 12.8. The summed E-state index contributed by atoms with van der Waals surface area (Å²) in [5, 5.41) is 13.1. The van der Waals surface area contributed by atoms with E-state index in [2.05, 4.69) is 35.5 Å². The van der Waals surface area contributed by atoms with Crippen LogP contribution in [0.1, 0.15) is 55.5 Å². The monoisotopic (exact) mass is 587 g/mol. The van der Waals surface area contributed by atoms with Crippen LogP contribution in [-0.2, 0) is 21.5 Å². The Morgan fingerprint density at radius 3 is 2.37 bits per heavy atom. The van der Waals surface area contributed by atoms with Crippen LogP contribution in [0.3, 0.4) is 0 Å². The van der Waals surface area contributed by atoms with E-state index >= 15 is 0 Å². The number of ketones is 1. The number of benzene rings is 1. The molecule has 13 nitrogen and oxygen atoms in total. The lowest BCUT2D eigenvalue weighted by atomic mass is 9.88. The van der Waals surface area contributed by atoms with Crippen molar-refractivity contribution in [1.29, 1.82) is 0 Å². The number of nitrogens with zero attached hydrogens (tertiary/aromatic N) is 5. The van der Waals surface area contributed by atoms with Crippen LogP contribution in [-0.4, -0.2) is 55.7 Å². The molecule has 3 aromatic heterocycles. The minimum atomic E-state index is -1.04. The van der Waals surface area contributed by atoms with Crippen molar-refractivity contribution >= 4 is 23.5 Å². The Morgan fingerprint density at radius 2 is 1.74 bits per heavy atom. The fraction of sp³-hybridized carbons (Fsp3) is 0.333. The highest BCUT2D eigenvalue weighted by Crippen LogP contribution is 2.29. The number of nitrogens with one attached hydrogen (secondary N) is 2. The third-order valence-corrected chi connectivity index (χ3v) is 6.79. The summed E-state index contributed by atoms with van der Waals surface area (Å²) in [6.07, 6.45) is 2.06. The van der Waals surface area contributed by atoms with Gasteiger partial charge in [-0.2, -0.15) is 0 Å². The second-order valence-corrected chi connectivity index (χ2v) is 10.8. The maximum absolute atomic E-state index is 13.5. The zero-order valence-electron chi connectivity index (χ0n) is 24.7. The molecule has 4 aromatic rings. The van der Waals surface area contributed by atoms with E-state index in [1.807, 2.05) is 32.9 Å². The number of Topliss-reactive ketones (excluding diaryl/α,β-unsaturated/α-hetero) is 1. The van der Waals surface area contributed by atoms with Crippen LogP contribution >= 0.6 is 0 Å². The summed E-state index contributed by atoms with van der Waals surface area (Å²) in [4.78, 5) is 60.7. The van der Waals surface area contributed by atoms with Crippen LogP contribution in [0.15, 0.2) is 64.1 Å². The van der Waals surface area contributed by atoms with Gasteiger partial charge in [-0.1, -0.05) is 50.2 Å². The van der Waals surface area contributed by atoms with E-state index in [0.717, 1.165) is 17.2 Å². The molecule has 0 fully saturated rings. The van der Waals surface area contributed by atoms with Gasteiger partial charge in [-0.3, -0.25) is 29.3 Å². The number of amides is 2. The van der Waals surface area contributed by atoms with Gasteiger partial charge in [-0.15, -0.1) is 10.2 Å². The number of methoxy groups -OCH3 is 1. The van der Waals surface area contributed by atoms with Crippen molar-refractivity contribution < 1.29 is 23.5 Å². The summed E-state index contributed by atoms with van der Waals surface area (Å²) >= 11 is 0. The van der Waals surface area contributed by atoms with Gasteiger partial charge >= 0.3 is 6.09 Å². The van der Waals surface area contributed by atoms with Gasteiger partial charge in [0.15, 0.2) is 0 Å². The normalized spacial score (nSPS) is 12.1. The van der Waals surface area contributed by atoms with E-state index in [1.54, 1.807) is 50.4 Å². The highest BCUT2D eigenvalue weighted by atomic mass is 16.5. The molecule has 224 valence electrons. The summed E-state index contributed by atoms with van der Waals surface area (Å²) < 4.78 is 11.5. The van der Waals surface area contributed by atoms with Crippen molar-refractivity contribution in [3.05, 3.63) is 88.3 Å². The summed E-state index contributed by atoms with van der Waals surface area (Å²) in [7, 11) is 1.16. The topological polar surface area (TPSA) is 171 Å². The molecule has 13 heteroatoms. The molecule has 2 amide bonds. The molecule has 0 radical (unpaired) electrons. The summed E-state index contributed by atoms with van der Waals surface area (Å²) in [6.45, 7) is 8.65. The molecular formula is C30H33N7O6. The van der Waals surface area contributed by atoms with Gasteiger partial charge in [0, 0.05) is 11.8 Å². The zero-order chi connectivity index (χ0) is 31.3. The quantitative estimate of drug-likeness (QED) is 0.262. The number of hydrogen-bond donors (Lipinski definition) is 2. The van der Waals surface area contributed by atoms with Crippen molar-refractivity contribution in [2.45, 2.75) is 52.6 Å². The molecule has 3 heterocycles. The van der Waals surface area contributed by atoms with Crippen LogP contribution in [0.2, 0.25) is 0 Å². The maximum Gasteiger partial charge on any atom is 0.411 e. The Bertz CT molecular complexity index is 1680. The van der Waals surface area contributed by atoms with Gasteiger partial charge < -0.3 is 14.5 Å². The third kappa shape index (κ3) is 6.83. The van der Waals surface area contributed by atoms with E-state index < -0.39 is 41.3 Å². The fourth-order valence-electron chi connectivity index (χ4n) is 4.26. The first-order valence-electron chi connectivity index (χ1n) is 13.5. The number of carbonyl (C=O) groups is 3. The molecule has 0 aliphatic carbocycles. The minimum absolute atomic E-state index is 0.181. The van der Waals surface area contributed by atoms with E-state index in [1.165, 1.54) is 6.20 Å². The molecule has 4 rings (SSSR count). The molecule has 1 atom stereocenters. The van der Waals surface area contributed by atoms with Gasteiger partial charge in [0.05, 0.1) is 30.5 Å². The van der Waals surface area contributed by atoms with Gasteiger partial charge in [-0.05, 0) is 38.3 Å². The standard InChI is InChI=1S/C30H33N7O6/c1-17(2)23(24(39)26-35-36-28(43-26)30(4,5)21-13-12-18(3)14-31-21)34-22(38)16-37-25(19-10-8-7-9-11-19)32-15-20(27(37)40)33-29(41)42-6/h7-15,17,23H,16H2,1-6H3,(H,33,41)(H,34,38)/t23-/m0/s1. The Labute approximate surface area is 247 Å². The zero-order valence-corrected chi connectivity index (χ0v) is 24.7. The SMILES string of the molecule is COC(=O)Nc1cnc(-c2ccccc2)n(CC(=O)N[C@H](C(=O)c2nnc(C(C)(C)c3ccc(C)cn3)o2)C(C)C)c1=O. The summed E-state index contributed by atoms with van der Waals surface area (Å²) in [5.74, 6) is -1.47. The molecule has 0 aliphatic rings. The number of anilines is 1. The number of rotatable bonds is 10. The van der Waals surface area contributed by atoms with E-state index in [-0.39, 0.29) is 29.2 Å². The molecule has 0 aliphatic heterocycles. The first-order valence-corrected chi connectivity index (χ1v) is 13.5. The molecule has 0 spiro atoms.